The van der Waals surface area contributed by atoms with Crippen molar-refractivity contribution in [2.45, 2.75) is 19.0 Å². The summed E-state index contributed by atoms with van der Waals surface area (Å²) in [6, 6.07) is 11.8. The molecule has 0 aliphatic carbocycles. The molecule has 0 spiro atoms. The third kappa shape index (κ3) is 3.42. The van der Waals surface area contributed by atoms with E-state index in [-0.39, 0.29) is 5.76 Å². The van der Waals surface area contributed by atoms with E-state index in [4.69, 9.17) is 4.42 Å². The third-order valence-corrected chi connectivity index (χ3v) is 3.10. The van der Waals surface area contributed by atoms with Crippen molar-refractivity contribution in [2.75, 3.05) is 0 Å². The maximum Gasteiger partial charge on any atom is 0.337 e. The quantitative estimate of drug-likeness (QED) is 0.785. The van der Waals surface area contributed by atoms with Gasteiger partial charge in [0.15, 0.2) is 5.54 Å². The minimum absolute atomic E-state index is 0.157. The summed E-state index contributed by atoms with van der Waals surface area (Å²) in [5.74, 6) is -1.04. The van der Waals surface area contributed by atoms with E-state index in [1.165, 1.54) is 19.3 Å². The minimum atomic E-state index is -1.62. The fourth-order valence-corrected chi connectivity index (χ4v) is 1.83. The van der Waals surface area contributed by atoms with Crippen molar-refractivity contribution in [2.24, 2.45) is 0 Å². The zero-order valence-electron chi connectivity index (χ0n) is 11.5. The summed E-state index contributed by atoms with van der Waals surface area (Å²) < 4.78 is 5.10. The van der Waals surface area contributed by atoms with E-state index >= 15 is 0 Å². The number of carbonyl (C=O) groups excluding carboxylic acids is 1. The molecule has 0 bridgehead atoms. The Hall–Kier alpha value is -2.76. The largest absolute Gasteiger partial charge is 0.479 e. The van der Waals surface area contributed by atoms with Crippen molar-refractivity contribution in [3.8, 4) is 0 Å². The van der Waals surface area contributed by atoms with Gasteiger partial charge in [0.25, 0.3) is 0 Å². The average molecular weight is 288 g/mol. The topological polar surface area (TPSA) is 91.6 Å². The monoisotopic (exact) mass is 288 g/mol. The Balaban J connectivity index is 2.01. The van der Waals surface area contributed by atoms with Crippen LogP contribution in [-0.4, -0.2) is 17.1 Å². The fourth-order valence-electron chi connectivity index (χ4n) is 1.83. The van der Waals surface area contributed by atoms with Gasteiger partial charge in [0.05, 0.1) is 6.26 Å². The molecule has 0 radical (unpaired) electrons. The van der Waals surface area contributed by atoms with Crippen LogP contribution in [0.4, 0.5) is 4.79 Å². The molecule has 0 aliphatic rings. The lowest BCUT2D eigenvalue weighted by atomic mass is 9.99. The lowest BCUT2D eigenvalue weighted by Gasteiger charge is -2.24. The molecule has 6 nitrogen and oxygen atoms in total. The normalized spacial score (nSPS) is 13.2. The highest BCUT2D eigenvalue weighted by molar-refractivity contribution is 5.86. The highest BCUT2D eigenvalue weighted by Crippen LogP contribution is 2.21. The molecule has 0 unspecified atom stereocenters. The first-order chi connectivity index (χ1) is 10.0. The molecule has 1 aromatic carbocycles. The zero-order valence-corrected chi connectivity index (χ0v) is 11.5. The molecular formula is C15H16N2O4. The number of carbonyl (C=O) groups is 2. The Bertz CT molecular complexity index is 610. The SMILES string of the molecule is C[C@@](NC(=O)NCc1ccccc1)(C(=O)O)c1ccco1. The molecular weight excluding hydrogens is 272 g/mol. The second kappa shape index (κ2) is 6.13. The molecule has 1 atom stereocenters. The van der Waals surface area contributed by atoms with Crippen LogP contribution in [0.15, 0.2) is 53.1 Å². The van der Waals surface area contributed by atoms with Gasteiger partial charge in [-0.05, 0) is 24.6 Å². The van der Waals surface area contributed by atoms with E-state index in [1.807, 2.05) is 30.3 Å². The van der Waals surface area contributed by atoms with Crippen molar-refractivity contribution < 1.29 is 19.1 Å². The molecule has 0 saturated carbocycles. The highest BCUT2D eigenvalue weighted by Gasteiger charge is 2.39. The summed E-state index contributed by atoms with van der Waals surface area (Å²) in [7, 11) is 0. The summed E-state index contributed by atoms with van der Waals surface area (Å²) in [6.07, 6.45) is 1.36. The number of rotatable bonds is 5. The Morgan fingerprint density at radius 2 is 1.90 bits per heavy atom. The van der Waals surface area contributed by atoms with E-state index in [2.05, 4.69) is 10.6 Å². The van der Waals surface area contributed by atoms with Gasteiger partial charge in [-0.3, -0.25) is 0 Å². The number of urea groups is 1. The number of carboxylic acids is 1. The maximum atomic E-state index is 11.9. The second-order valence-corrected chi connectivity index (χ2v) is 4.70. The van der Waals surface area contributed by atoms with Crippen molar-refractivity contribution >= 4 is 12.0 Å². The predicted octanol–water partition coefficient (Wildman–Crippen LogP) is 2.08. The van der Waals surface area contributed by atoms with Gasteiger partial charge in [-0.2, -0.15) is 0 Å². The lowest BCUT2D eigenvalue weighted by molar-refractivity contribution is -0.144. The van der Waals surface area contributed by atoms with Crippen LogP contribution in [0.2, 0.25) is 0 Å². The van der Waals surface area contributed by atoms with Gasteiger partial charge in [-0.15, -0.1) is 0 Å². The van der Waals surface area contributed by atoms with E-state index in [9.17, 15) is 14.7 Å². The van der Waals surface area contributed by atoms with Gasteiger partial charge in [-0.1, -0.05) is 30.3 Å². The van der Waals surface area contributed by atoms with Gasteiger partial charge in [-0.25, -0.2) is 9.59 Å². The molecule has 3 N–H and O–H groups in total. The molecule has 0 fully saturated rings. The standard InChI is InChI=1S/C15H16N2O4/c1-15(13(18)19,12-8-5-9-21-12)17-14(20)16-10-11-6-3-2-4-7-11/h2-9H,10H2,1H3,(H,18,19)(H2,16,17,20)/t15-/m0/s1. The Morgan fingerprint density at radius 3 is 2.48 bits per heavy atom. The predicted molar refractivity (Wildman–Crippen MR) is 75.5 cm³/mol. The van der Waals surface area contributed by atoms with Crippen LogP contribution in [0.5, 0.6) is 0 Å². The Morgan fingerprint density at radius 1 is 1.19 bits per heavy atom. The molecule has 110 valence electrons. The van der Waals surface area contributed by atoms with Crippen molar-refractivity contribution in [3.63, 3.8) is 0 Å². The number of aliphatic carboxylic acids is 1. The molecule has 2 aromatic rings. The van der Waals surface area contributed by atoms with Gasteiger partial charge >= 0.3 is 12.0 Å². The summed E-state index contributed by atoms with van der Waals surface area (Å²) in [5, 5.41) is 14.4. The number of furan rings is 1. The first kappa shape index (κ1) is 14.6. The summed E-state index contributed by atoms with van der Waals surface area (Å²) in [4.78, 5) is 23.3. The zero-order chi connectivity index (χ0) is 15.3. The number of amides is 2. The molecule has 1 heterocycles. The molecule has 0 aliphatic heterocycles. The van der Waals surface area contributed by atoms with Crippen LogP contribution in [0.25, 0.3) is 0 Å². The van der Waals surface area contributed by atoms with Crippen LogP contribution in [0, 0.1) is 0 Å². The third-order valence-electron chi connectivity index (χ3n) is 3.10. The van der Waals surface area contributed by atoms with Gasteiger partial charge in [0.1, 0.15) is 5.76 Å². The number of carboxylic acid groups (broad SMARTS) is 1. The molecule has 2 amide bonds. The van der Waals surface area contributed by atoms with Crippen molar-refractivity contribution in [1.82, 2.24) is 10.6 Å². The van der Waals surface area contributed by atoms with Gasteiger partial charge < -0.3 is 20.2 Å². The van der Waals surface area contributed by atoms with Crippen LogP contribution in [-0.2, 0) is 16.9 Å². The smallest absolute Gasteiger partial charge is 0.337 e. The summed E-state index contributed by atoms with van der Waals surface area (Å²) >= 11 is 0. The van der Waals surface area contributed by atoms with Crippen LogP contribution in [0.1, 0.15) is 18.2 Å². The molecule has 21 heavy (non-hydrogen) atoms. The van der Waals surface area contributed by atoms with Crippen molar-refractivity contribution in [1.29, 1.82) is 0 Å². The van der Waals surface area contributed by atoms with Gasteiger partial charge in [0.2, 0.25) is 0 Å². The maximum absolute atomic E-state index is 11.9. The fraction of sp³-hybridized carbons (Fsp3) is 0.200. The molecule has 2 rings (SSSR count). The van der Waals surface area contributed by atoms with E-state index in [1.54, 1.807) is 6.07 Å². The first-order valence-electron chi connectivity index (χ1n) is 6.39. The number of benzene rings is 1. The number of nitrogens with one attached hydrogen (secondary N) is 2. The van der Waals surface area contributed by atoms with E-state index in [0.29, 0.717) is 6.54 Å². The average Bonchev–Trinajstić information content (AvgIpc) is 3.00. The Kier molecular flexibility index (Phi) is 4.27. The first-order valence-corrected chi connectivity index (χ1v) is 6.39. The highest BCUT2D eigenvalue weighted by atomic mass is 16.4. The lowest BCUT2D eigenvalue weighted by Crippen LogP contribution is -2.52. The molecule has 1 aromatic heterocycles. The molecule has 6 heteroatoms. The van der Waals surface area contributed by atoms with Crippen LogP contribution >= 0.6 is 0 Å². The van der Waals surface area contributed by atoms with Crippen LogP contribution in [0.3, 0.4) is 0 Å². The summed E-state index contributed by atoms with van der Waals surface area (Å²) in [5.41, 5.74) is -0.702. The number of hydrogen-bond acceptors (Lipinski definition) is 3. The van der Waals surface area contributed by atoms with Crippen LogP contribution < -0.4 is 10.6 Å². The number of hydrogen-bond donors (Lipinski definition) is 3. The Labute approximate surface area is 121 Å². The van der Waals surface area contributed by atoms with E-state index in [0.717, 1.165) is 5.56 Å². The van der Waals surface area contributed by atoms with Gasteiger partial charge in [0, 0.05) is 6.54 Å². The van der Waals surface area contributed by atoms with Crippen molar-refractivity contribution in [3.05, 3.63) is 60.1 Å². The minimum Gasteiger partial charge on any atom is -0.479 e. The summed E-state index contributed by atoms with van der Waals surface area (Å²) in [6.45, 7) is 1.68. The second-order valence-electron chi connectivity index (χ2n) is 4.70. The molecule has 0 saturated heterocycles. The van der Waals surface area contributed by atoms with E-state index < -0.39 is 17.5 Å².